The van der Waals surface area contributed by atoms with Gasteiger partial charge in [-0.3, -0.25) is 9.59 Å². The first-order valence-corrected chi connectivity index (χ1v) is 12.5. The molecular formula is C27H44O6. The van der Waals surface area contributed by atoms with E-state index in [1.165, 1.54) is 90.9 Å². The Morgan fingerprint density at radius 3 is 1.52 bits per heavy atom. The molecule has 0 spiro atoms. The summed E-state index contributed by atoms with van der Waals surface area (Å²) in [6.07, 6.45) is 18.6. The molecule has 0 aliphatic rings. The van der Waals surface area contributed by atoms with Crippen LogP contribution in [-0.4, -0.2) is 29.6 Å². The highest BCUT2D eigenvalue weighted by molar-refractivity contribution is 5.90. The Morgan fingerprint density at radius 2 is 1.12 bits per heavy atom. The highest BCUT2D eigenvalue weighted by Crippen LogP contribution is 2.18. The lowest BCUT2D eigenvalue weighted by atomic mass is 10.0. The fraction of sp³-hybridized carbons (Fsp3) is 0.667. The molecule has 0 heterocycles. The number of esters is 2. The number of carboxylic acid groups (broad SMARTS) is 1. The third-order valence-corrected chi connectivity index (χ3v) is 5.16. The first kappa shape index (κ1) is 30.6. The molecule has 1 rings (SSSR count). The van der Waals surface area contributed by atoms with Gasteiger partial charge in [-0.05, 0) is 18.6 Å². The SMILES string of the molecule is CC(=O)OC(C)=O.CCCCCCCCCCCCCCCCOc1ccccc1C(=O)O. The smallest absolute Gasteiger partial charge is 0.339 e. The lowest BCUT2D eigenvalue weighted by Crippen LogP contribution is -2.04. The van der Waals surface area contributed by atoms with Gasteiger partial charge in [0.2, 0.25) is 0 Å². The molecule has 0 saturated carbocycles. The van der Waals surface area contributed by atoms with Crippen molar-refractivity contribution < 1.29 is 29.0 Å². The zero-order valence-electron chi connectivity index (χ0n) is 20.9. The van der Waals surface area contributed by atoms with Crippen molar-refractivity contribution in [3.05, 3.63) is 29.8 Å². The number of rotatable bonds is 17. The molecule has 0 aliphatic carbocycles. The van der Waals surface area contributed by atoms with Crippen LogP contribution in [-0.2, 0) is 14.3 Å². The number of carbonyl (C=O) groups excluding carboxylic acids is 2. The van der Waals surface area contributed by atoms with Gasteiger partial charge in [0, 0.05) is 13.8 Å². The summed E-state index contributed by atoms with van der Waals surface area (Å²) < 4.78 is 9.60. The Balaban J connectivity index is 0.00000126. The number of para-hydroxylation sites is 1. The second-order valence-corrected chi connectivity index (χ2v) is 8.33. The van der Waals surface area contributed by atoms with Gasteiger partial charge in [0.1, 0.15) is 11.3 Å². The predicted molar refractivity (Wildman–Crippen MR) is 132 cm³/mol. The van der Waals surface area contributed by atoms with E-state index in [1.807, 2.05) is 6.07 Å². The summed E-state index contributed by atoms with van der Waals surface area (Å²) in [5, 5.41) is 9.11. The lowest BCUT2D eigenvalue weighted by Gasteiger charge is -2.08. The van der Waals surface area contributed by atoms with Gasteiger partial charge in [-0.2, -0.15) is 0 Å². The van der Waals surface area contributed by atoms with Crippen molar-refractivity contribution in [2.24, 2.45) is 0 Å². The summed E-state index contributed by atoms with van der Waals surface area (Å²) in [7, 11) is 0. The quantitative estimate of drug-likeness (QED) is 0.147. The molecule has 188 valence electrons. The highest BCUT2D eigenvalue weighted by Gasteiger charge is 2.09. The first-order chi connectivity index (χ1) is 15.9. The van der Waals surface area contributed by atoms with Gasteiger partial charge in [0.25, 0.3) is 0 Å². The van der Waals surface area contributed by atoms with E-state index in [2.05, 4.69) is 11.7 Å². The van der Waals surface area contributed by atoms with Crippen LogP contribution < -0.4 is 4.74 Å². The molecule has 0 atom stereocenters. The van der Waals surface area contributed by atoms with E-state index in [1.54, 1.807) is 18.2 Å². The number of hydrogen-bond acceptors (Lipinski definition) is 5. The number of carbonyl (C=O) groups is 3. The number of aromatic carboxylic acids is 1. The van der Waals surface area contributed by atoms with Crippen LogP contribution in [0.5, 0.6) is 5.75 Å². The van der Waals surface area contributed by atoms with Crippen LogP contribution >= 0.6 is 0 Å². The molecule has 0 unspecified atom stereocenters. The largest absolute Gasteiger partial charge is 0.493 e. The van der Waals surface area contributed by atoms with Crippen molar-refractivity contribution in [1.29, 1.82) is 0 Å². The number of carboxylic acids is 1. The Bertz CT molecular complexity index is 644. The summed E-state index contributed by atoms with van der Waals surface area (Å²) in [6, 6.07) is 6.85. The van der Waals surface area contributed by atoms with Crippen LogP contribution in [0.3, 0.4) is 0 Å². The van der Waals surface area contributed by atoms with Crippen LogP contribution in [0.2, 0.25) is 0 Å². The summed E-state index contributed by atoms with van der Waals surface area (Å²) >= 11 is 0. The van der Waals surface area contributed by atoms with Gasteiger partial charge in [-0.25, -0.2) is 4.79 Å². The topological polar surface area (TPSA) is 89.9 Å². The molecule has 0 radical (unpaired) electrons. The second kappa shape index (κ2) is 21.5. The summed E-state index contributed by atoms with van der Waals surface area (Å²) in [4.78, 5) is 30.7. The maximum absolute atomic E-state index is 11.1. The average Bonchev–Trinajstić information content (AvgIpc) is 2.76. The van der Waals surface area contributed by atoms with Gasteiger partial charge in [-0.1, -0.05) is 103 Å². The lowest BCUT2D eigenvalue weighted by molar-refractivity contribution is -0.156. The Labute approximate surface area is 200 Å². The van der Waals surface area contributed by atoms with Gasteiger partial charge in [0.05, 0.1) is 6.61 Å². The standard InChI is InChI=1S/C23H38O3.C4H6O3/c1-2-3-4-5-6-7-8-9-10-11-12-13-14-17-20-26-22-19-16-15-18-21(22)23(24)25;1-3(5)7-4(2)6/h15-16,18-19H,2-14,17,20H2,1H3,(H,24,25);1-2H3. The van der Waals surface area contributed by atoms with Crippen LogP contribution in [0.25, 0.3) is 0 Å². The summed E-state index contributed by atoms with van der Waals surface area (Å²) in [6.45, 7) is 5.23. The Kier molecular flexibility index (Phi) is 19.9. The zero-order valence-corrected chi connectivity index (χ0v) is 20.9. The molecule has 1 N–H and O–H groups in total. The molecule has 6 heteroatoms. The molecular weight excluding hydrogens is 420 g/mol. The zero-order chi connectivity index (χ0) is 24.7. The van der Waals surface area contributed by atoms with E-state index >= 15 is 0 Å². The Hall–Kier alpha value is -2.37. The van der Waals surface area contributed by atoms with E-state index in [4.69, 9.17) is 9.84 Å². The van der Waals surface area contributed by atoms with Gasteiger partial charge in [-0.15, -0.1) is 0 Å². The van der Waals surface area contributed by atoms with Crippen LogP contribution in [0, 0.1) is 0 Å². The van der Waals surface area contributed by atoms with Crippen molar-refractivity contribution in [2.75, 3.05) is 6.61 Å². The predicted octanol–water partition coefficient (Wildman–Crippen LogP) is 7.34. The molecule has 0 saturated heterocycles. The molecule has 0 bridgehead atoms. The van der Waals surface area contributed by atoms with Gasteiger partial charge in [0.15, 0.2) is 0 Å². The minimum atomic E-state index is -0.929. The third kappa shape index (κ3) is 20.0. The summed E-state index contributed by atoms with van der Waals surface area (Å²) in [5.74, 6) is -1.57. The fourth-order valence-corrected chi connectivity index (χ4v) is 3.45. The van der Waals surface area contributed by atoms with Crippen molar-refractivity contribution in [2.45, 2.75) is 111 Å². The van der Waals surface area contributed by atoms with Crippen LogP contribution in [0.4, 0.5) is 0 Å². The number of hydrogen-bond donors (Lipinski definition) is 1. The minimum Gasteiger partial charge on any atom is -0.493 e. The second-order valence-electron chi connectivity index (χ2n) is 8.33. The van der Waals surface area contributed by atoms with Crippen molar-refractivity contribution in [1.82, 2.24) is 0 Å². The third-order valence-electron chi connectivity index (χ3n) is 5.16. The number of unbranched alkanes of at least 4 members (excludes halogenated alkanes) is 13. The number of benzene rings is 1. The maximum atomic E-state index is 11.1. The molecule has 33 heavy (non-hydrogen) atoms. The molecule has 0 fully saturated rings. The molecule has 1 aromatic rings. The Morgan fingerprint density at radius 1 is 0.697 bits per heavy atom. The molecule has 0 aromatic heterocycles. The molecule has 0 amide bonds. The van der Waals surface area contributed by atoms with E-state index in [9.17, 15) is 14.4 Å². The monoisotopic (exact) mass is 464 g/mol. The van der Waals surface area contributed by atoms with Crippen LogP contribution in [0.15, 0.2) is 24.3 Å². The van der Waals surface area contributed by atoms with E-state index in [0.29, 0.717) is 12.4 Å². The van der Waals surface area contributed by atoms with E-state index < -0.39 is 17.9 Å². The van der Waals surface area contributed by atoms with Gasteiger partial charge >= 0.3 is 17.9 Å². The normalized spacial score (nSPS) is 10.2. The van der Waals surface area contributed by atoms with Crippen molar-refractivity contribution >= 4 is 17.9 Å². The average molecular weight is 465 g/mol. The van der Waals surface area contributed by atoms with Crippen molar-refractivity contribution in [3.63, 3.8) is 0 Å². The highest BCUT2D eigenvalue weighted by atomic mass is 16.6. The first-order valence-electron chi connectivity index (χ1n) is 12.5. The minimum absolute atomic E-state index is 0.248. The van der Waals surface area contributed by atoms with Crippen molar-refractivity contribution in [3.8, 4) is 5.75 Å². The summed E-state index contributed by atoms with van der Waals surface area (Å²) in [5.41, 5.74) is 0.248. The number of ether oxygens (including phenoxy) is 2. The van der Waals surface area contributed by atoms with E-state index in [0.717, 1.165) is 12.8 Å². The fourth-order valence-electron chi connectivity index (χ4n) is 3.45. The van der Waals surface area contributed by atoms with Crippen LogP contribution in [0.1, 0.15) is 121 Å². The molecule has 1 aromatic carbocycles. The van der Waals surface area contributed by atoms with Gasteiger partial charge < -0.3 is 14.6 Å². The molecule has 6 nitrogen and oxygen atoms in total. The van der Waals surface area contributed by atoms with E-state index in [-0.39, 0.29) is 5.56 Å². The maximum Gasteiger partial charge on any atom is 0.339 e. The molecule has 0 aliphatic heterocycles.